The molecule has 2 atom stereocenters. The van der Waals surface area contributed by atoms with E-state index < -0.39 is 21.8 Å². The molecule has 2 fully saturated rings. The molecule has 6 heteroatoms. The van der Waals surface area contributed by atoms with Crippen molar-refractivity contribution in [3.05, 3.63) is 0 Å². The van der Waals surface area contributed by atoms with Crippen LogP contribution in [0, 0.1) is 11.3 Å². The summed E-state index contributed by atoms with van der Waals surface area (Å²) in [6.45, 7) is 0. The first-order chi connectivity index (χ1) is 7.41. The van der Waals surface area contributed by atoms with Crippen molar-refractivity contribution in [2.45, 2.75) is 25.3 Å². The van der Waals surface area contributed by atoms with Gasteiger partial charge in [-0.3, -0.25) is 4.79 Å². The first kappa shape index (κ1) is 11.9. The molecule has 5 nitrogen and oxygen atoms in total. The van der Waals surface area contributed by atoms with Crippen LogP contribution in [0.4, 0.5) is 0 Å². The lowest BCUT2D eigenvalue weighted by molar-refractivity contribution is -0.144. The molecule has 0 bridgehead atoms. The van der Waals surface area contributed by atoms with Crippen LogP contribution in [-0.2, 0) is 19.4 Å². The van der Waals surface area contributed by atoms with E-state index >= 15 is 0 Å². The Kier molecular flexibility index (Phi) is 2.74. The van der Waals surface area contributed by atoms with Crippen molar-refractivity contribution < 1.29 is 17.9 Å². The molecule has 2 unspecified atom stereocenters. The lowest BCUT2D eigenvalue weighted by Crippen LogP contribution is -2.44. The minimum atomic E-state index is -2.91. The molecule has 1 aliphatic carbocycles. The molecule has 2 aliphatic rings. The van der Waals surface area contributed by atoms with Crippen LogP contribution >= 0.6 is 0 Å². The van der Waals surface area contributed by atoms with Crippen molar-refractivity contribution in [2.75, 3.05) is 18.6 Å². The van der Waals surface area contributed by atoms with Crippen LogP contribution in [0.25, 0.3) is 0 Å². The van der Waals surface area contributed by atoms with Crippen LogP contribution in [0.5, 0.6) is 0 Å². The van der Waals surface area contributed by atoms with E-state index in [1.54, 1.807) is 0 Å². The van der Waals surface area contributed by atoms with Crippen molar-refractivity contribution >= 4 is 15.8 Å². The van der Waals surface area contributed by atoms with Crippen LogP contribution < -0.4 is 5.73 Å². The second-order valence-electron chi connectivity index (χ2n) is 4.83. The van der Waals surface area contributed by atoms with E-state index in [0.29, 0.717) is 6.42 Å². The van der Waals surface area contributed by atoms with Gasteiger partial charge in [0.2, 0.25) is 0 Å². The zero-order valence-electron chi connectivity index (χ0n) is 9.31. The van der Waals surface area contributed by atoms with Gasteiger partial charge in [0, 0.05) is 5.41 Å². The molecule has 1 saturated carbocycles. The molecule has 1 aliphatic heterocycles. The summed E-state index contributed by atoms with van der Waals surface area (Å²) in [6, 6.07) is -0.671. The highest BCUT2D eigenvalue weighted by Crippen LogP contribution is 2.57. The van der Waals surface area contributed by atoms with Crippen molar-refractivity contribution in [1.29, 1.82) is 0 Å². The SMILES string of the molecule is COC(=O)C(N)C1(C2CCS(=O)(=O)C2)CC1. The highest BCUT2D eigenvalue weighted by molar-refractivity contribution is 7.91. The second kappa shape index (κ2) is 3.70. The predicted molar refractivity (Wildman–Crippen MR) is 58.4 cm³/mol. The van der Waals surface area contributed by atoms with Crippen molar-refractivity contribution in [3.8, 4) is 0 Å². The molecule has 1 heterocycles. The molecule has 92 valence electrons. The molecule has 0 amide bonds. The summed E-state index contributed by atoms with van der Waals surface area (Å²) in [6.07, 6.45) is 2.31. The molecule has 0 radical (unpaired) electrons. The number of sulfone groups is 1. The molecule has 0 spiro atoms. The average molecular weight is 247 g/mol. The maximum atomic E-state index is 11.4. The van der Waals surface area contributed by atoms with Crippen molar-refractivity contribution in [3.63, 3.8) is 0 Å². The zero-order valence-corrected chi connectivity index (χ0v) is 10.1. The maximum Gasteiger partial charge on any atom is 0.323 e. The molecule has 0 aromatic rings. The lowest BCUT2D eigenvalue weighted by atomic mass is 9.82. The van der Waals surface area contributed by atoms with Gasteiger partial charge in [-0.1, -0.05) is 0 Å². The Hall–Kier alpha value is -0.620. The fraction of sp³-hybridized carbons (Fsp3) is 0.900. The molecule has 0 aromatic heterocycles. The van der Waals surface area contributed by atoms with Gasteiger partial charge in [0.15, 0.2) is 9.84 Å². The van der Waals surface area contributed by atoms with E-state index in [2.05, 4.69) is 4.74 Å². The minimum absolute atomic E-state index is 0.0339. The van der Waals surface area contributed by atoms with Gasteiger partial charge in [-0.05, 0) is 25.2 Å². The summed E-state index contributed by atoms with van der Waals surface area (Å²) in [4.78, 5) is 11.4. The Morgan fingerprint density at radius 1 is 1.50 bits per heavy atom. The topological polar surface area (TPSA) is 86.5 Å². The quantitative estimate of drug-likeness (QED) is 0.692. The predicted octanol–water partition coefficient (Wildman–Crippen LogP) is -0.298. The number of carbonyl (C=O) groups is 1. The normalized spacial score (nSPS) is 32.0. The largest absolute Gasteiger partial charge is 0.468 e. The van der Waals surface area contributed by atoms with Gasteiger partial charge in [0.05, 0.1) is 18.6 Å². The van der Waals surface area contributed by atoms with Crippen LogP contribution in [0.3, 0.4) is 0 Å². The van der Waals surface area contributed by atoms with Crippen LogP contribution in [0.15, 0.2) is 0 Å². The van der Waals surface area contributed by atoms with Crippen molar-refractivity contribution in [1.82, 2.24) is 0 Å². The molecule has 0 aromatic carbocycles. The fourth-order valence-electron chi connectivity index (χ4n) is 2.73. The Morgan fingerprint density at radius 3 is 2.50 bits per heavy atom. The smallest absolute Gasteiger partial charge is 0.323 e. The first-order valence-corrected chi connectivity index (χ1v) is 7.27. The summed E-state index contributed by atoms with van der Waals surface area (Å²) in [5.41, 5.74) is 5.56. The lowest BCUT2D eigenvalue weighted by Gasteiger charge is -2.26. The van der Waals surface area contributed by atoms with Gasteiger partial charge in [0.1, 0.15) is 6.04 Å². The third-order valence-corrected chi connectivity index (χ3v) is 5.72. The summed E-state index contributed by atoms with van der Waals surface area (Å²) >= 11 is 0. The number of nitrogens with two attached hydrogens (primary N) is 1. The van der Waals surface area contributed by atoms with E-state index in [-0.39, 0.29) is 22.8 Å². The zero-order chi connectivity index (χ0) is 12.0. The third kappa shape index (κ3) is 1.84. The summed E-state index contributed by atoms with van der Waals surface area (Å²) < 4.78 is 27.5. The Labute approximate surface area is 95.3 Å². The van der Waals surface area contributed by atoms with Gasteiger partial charge < -0.3 is 10.5 Å². The molecule has 1 saturated heterocycles. The highest BCUT2D eigenvalue weighted by Gasteiger charge is 2.58. The Bertz CT molecular complexity index is 399. The number of hydrogen-bond acceptors (Lipinski definition) is 5. The Morgan fingerprint density at radius 2 is 2.12 bits per heavy atom. The number of ether oxygens (including phenoxy) is 1. The maximum absolute atomic E-state index is 11.4. The van der Waals surface area contributed by atoms with Crippen LogP contribution in [0.2, 0.25) is 0 Å². The monoisotopic (exact) mass is 247 g/mol. The number of esters is 1. The Balaban J connectivity index is 2.12. The number of rotatable bonds is 3. The highest BCUT2D eigenvalue weighted by atomic mass is 32.2. The summed E-state index contributed by atoms with van der Waals surface area (Å²) in [7, 11) is -1.60. The number of hydrogen-bond donors (Lipinski definition) is 1. The molecule has 16 heavy (non-hydrogen) atoms. The molecular formula is C10H17NO4S. The van der Waals surface area contributed by atoms with Gasteiger partial charge in [-0.15, -0.1) is 0 Å². The van der Waals surface area contributed by atoms with E-state index in [9.17, 15) is 13.2 Å². The van der Waals surface area contributed by atoms with Gasteiger partial charge in [0.25, 0.3) is 0 Å². The van der Waals surface area contributed by atoms with E-state index in [1.165, 1.54) is 7.11 Å². The standard InChI is InChI=1S/C10H17NO4S/c1-15-9(12)8(11)10(3-4-10)7-2-5-16(13,14)6-7/h7-8H,2-6,11H2,1H3. The van der Waals surface area contributed by atoms with Crippen LogP contribution in [-0.4, -0.2) is 39.0 Å². The first-order valence-electron chi connectivity index (χ1n) is 5.45. The van der Waals surface area contributed by atoms with E-state index in [0.717, 1.165) is 12.8 Å². The third-order valence-electron chi connectivity index (χ3n) is 3.95. The minimum Gasteiger partial charge on any atom is -0.468 e. The molecule has 2 N–H and O–H groups in total. The van der Waals surface area contributed by atoms with E-state index in [1.807, 2.05) is 0 Å². The number of methoxy groups -OCH3 is 1. The van der Waals surface area contributed by atoms with Crippen molar-refractivity contribution in [2.24, 2.45) is 17.1 Å². The summed E-state index contributed by atoms with van der Waals surface area (Å²) in [5, 5.41) is 0. The fourth-order valence-corrected chi connectivity index (χ4v) is 4.65. The molecular weight excluding hydrogens is 230 g/mol. The van der Waals surface area contributed by atoms with Crippen LogP contribution in [0.1, 0.15) is 19.3 Å². The van der Waals surface area contributed by atoms with E-state index in [4.69, 9.17) is 5.73 Å². The van der Waals surface area contributed by atoms with Gasteiger partial charge >= 0.3 is 5.97 Å². The van der Waals surface area contributed by atoms with Gasteiger partial charge in [-0.2, -0.15) is 0 Å². The van der Waals surface area contributed by atoms with Gasteiger partial charge in [-0.25, -0.2) is 8.42 Å². The second-order valence-corrected chi connectivity index (χ2v) is 7.06. The number of carbonyl (C=O) groups excluding carboxylic acids is 1. The summed E-state index contributed by atoms with van der Waals surface area (Å²) in [5.74, 6) is 0.0127. The molecule has 2 rings (SSSR count). The average Bonchev–Trinajstić information content (AvgIpc) is 2.96.